The second kappa shape index (κ2) is 5.00. The number of benzene rings is 2. The molecule has 106 valence electrons. The lowest BCUT2D eigenvalue weighted by molar-refractivity contribution is -0.110. The van der Waals surface area contributed by atoms with Crippen molar-refractivity contribution in [2.75, 3.05) is 5.32 Å². The summed E-state index contributed by atoms with van der Waals surface area (Å²) in [4.78, 5) is 12.1. The third-order valence-corrected chi connectivity index (χ3v) is 4.34. The first-order valence-corrected chi connectivity index (χ1v) is 7.08. The van der Waals surface area contributed by atoms with Crippen molar-refractivity contribution in [3.8, 4) is 5.75 Å². The second-order valence-corrected chi connectivity index (χ2v) is 5.64. The van der Waals surface area contributed by atoms with E-state index < -0.39 is 11.6 Å². The Hall–Kier alpha value is -2.14. The molecule has 1 aliphatic heterocycles. The number of phenolic OH excluding ortho intramolecular Hbond substituents is 1. The number of aromatic hydroxyl groups is 1. The average molecular weight is 348 g/mol. The van der Waals surface area contributed by atoms with Gasteiger partial charge in [-0.1, -0.05) is 28.1 Å². The van der Waals surface area contributed by atoms with Crippen LogP contribution in [0.4, 0.5) is 10.1 Å². The van der Waals surface area contributed by atoms with Gasteiger partial charge in [0.1, 0.15) is 0 Å². The summed E-state index contributed by atoms with van der Waals surface area (Å²) < 4.78 is 14.3. The second-order valence-electron chi connectivity index (χ2n) is 4.78. The largest absolute Gasteiger partial charge is 0.504 e. The van der Waals surface area contributed by atoms with Gasteiger partial charge in [-0.15, -0.1) is 0 Å². The van der Waals surface area contributed by atoms with Crippen LogP contribution in [0.2, 0.25) is 0 Å². The maximum atomic E-state index is 13.4. The summed E-state index contributed by atoms with van der Waals surface area (Å²) in [6.07, 6.45) is 1.50. The van der Waals surface area contributed by atoms with Gasteiger partial charge in [-0.2, -0.15) is 0 Å². The number of fused-ring (bicyclic) bond motifs is 1. The molecule has 2 aromatic carbocycles. The smallest absolute Gasteiger partial charge is 0.256 e. The van der Waals surface area contributed by atoms with Crippen molar-refractivity contribution in [3.05, 3.63) is 57.3 Å². The summed E-state index contributed by atoms with van der Waals surface area (Å²) in [6, 6.07) is 7.88. The van der Waals surface area contributed by atoms with E-state index in [1.165, 1.54) is 18.2 Å². The first-order chi connectivity index (χ1) is 9.99. The van der Waals surface area contributed by atoms with Crippen LogP contribution in [0.1, 0.15) is 16.7 Å². The summed E-state index contributed by atoms with van der Waals surface area (Å²) in [5.41, 5.74) is 3.06. The number of carbonyl (C=O) groups is 1. The molecular weight excluding hydrogens is 337 g/mol. The van der Waals surface area contributed by atoms with E-state index in [0.717, 1.165) is 15.6 Å². The number of rotatable bonds is 1. The third kappa shape index (κ3) is 2.23. The summed E-state index contributed by atoms with van der Waals surface area (Å²) >= 11 is 3.43. The molecule has 3 nitrogen and oxygen atoms in total. The van der Waals surface area contributed by atoms with Crippen molar-refractivity contribution in [1.29, 1.82) is 0 Å². The minimum Gasteiger partial charge on any atom is -0.504 e. The maximum Gasteiger partial charge on any atom is 0.256 e. The Labute approximate surface area is 129 Å². The van der Waals surface area contributed by atoms with Crippen LogP contribution in [0.25, 0.3) is 11.6 Å². The van der Waals surface area contributed by atoms with E-state index in [9.17, 15) is 14.3 Å². The number of halogens is 2. The first-order valence-electron chi connectivity index (χ1n) is 6.29. The molecule has 1 aliphatic rings. The van der Waals surface area contributed by atoms with Crippen LogP contribution in [-0.4, -0.2) is 11.0 Å². The van der Waals surface area contributed by atoms with Crippen molar-refractivity contribution in [3.63, 3.8) is 0 Å². The van der Waals surface area contributed by atoms with Crippen molar-refractivity contribution >= 4 is 39.2 Å². The monoisotopic (exact) mass is 347 g/mol. The molecule has 0 aromatic heterocycles. The van der Waals surface area contributed by atoms with Crippen molar-refractivity contribution in [2.45, 2.75) is 6.92 Å². The zero-order valence-corrected chi connectivity index (χ0v) is 12.7. The SMILES string of the molecule is Cc1c(Br)ccc2c1C(=Cc1cccc(F)c1O)C(=O)N2. The fourth-order valence-corrected chi connectivity index (χ4v) is 2.71. The Morgan fingerprint density at radius 1 is 1.29 bits per heavy atom. The molecule has 0 fully saturated rings. The Kier molecular flexibility index (Phi) is 3.29. The van der Waals surface area contributed by atoms with Crippen LogP contribution in [0, 0.1) is 12.7 Å². The van der Waals surface area contributed by atoms with E-state index in [1.54, 1.807) is 12.1 Å². The molecule has 0 unspecified atom stereocenters. The summed E-state index contributed by atoms with van der Waals surface area (Å²) in [5, 5.41) is 12.5. The molecule has 0 aliphatic carbocycles. The van der Waals surface area contributed by atoms with Crippen LogP contribution in [-0.2, 0) is 4.79 Å². The molecule has 0 saturated carbocycles. The quantitative estimate of drug-likeness (QED) is 0.763. The highest BCUT2D eigenvalue weighted by atomic mass is 79.9. The number of amides is 1. The fourth-order valence-electron chi connectivity index (χ4n) is 2.38. The van der Waals surface area contributed by atoms with Gasteiger partial charge in [-0.05, 0) is 36.8 Å². The van der Waals surface area contributed by atoms with Crippen molar-refractivity contribution < 1.29 is 14.3 Å². The fraction of sp³-hybridized carbons (Fsp3) is 0.0625. The lowest BCUT2D eigenvalue weighted by Crippen LogP contribution is -2.03. The number of hydrogen-bond acceptors (Lipinski definition) is 2. The van der Waals surface area contributed by atoms with E-state index in [1.807, 2.05) is 13.0 Å². The predicted octanol–water partition coefficient (Wildman–Crippen LogP) is 4.09. The Morgan fingerprint density at radius 3 is 2.81 bits per heavy atom. The number of nitrogens with one attached hydrogen (secondary N) is 1. The van der Waals surface area contributed by atoms with E-state index >= 15 is 0 Å². The summed E-state index contributed by atoms with van der Waals surface area (Å²) in [7, 11) is 0. The van der Waals surface area contributed by atoms with Crippen LogP contribution in [0.5, 0.6) is 5.75 Å². The van der Waals surface area contributed by atoms with Crippen molar-refractivity contribution in [2.24, 2.45) is 0 Å². The van der Waals surface area contributed by atoms with Crippen LogP contribution < -0.4 is 5.32 Å². The Morgan fingerprint density at radius 2 is 2.05 bits per heavy atom. The summed E-state index contributed by atoms with van der Waals surface area (Å²) in [6.45, 7) is 1.89. The Balaban J connectivity index is 2.21. The zero-order valence-electron chi connectivity index (χ0n) is 11.1. The standard InChI is InChI=1S/C16H11BrFNO2/c1-8-11(17)5-6-13-14(8)10(16(21)19-13)7-9-3-2-4-12(18)15(9)20/h2-7,20H,1H3,(H,19,21). The molecule has 0 saturated heterocycles. The van der Waals surface area contributed by atoms with Gasteiger partial charge in [-0.3, -0.25) is 4.79 Å². The molecule has 0 radical (unpaired) electrons. The highest BCUT2D eigenvalue weighted by Crippen LogP contribution is 2.39. The topological polar surface area (TPSA) is 49.3 Å². The van der Waals surface area contributed by atoms with Crippen molar-refractivity contribution in [1.82, 2.24) is 0 Å². The molecular formula is C16H11BrFNO2. The molecule has 0 atom stereocenters. The molecule has 2 aromatic rings. The number of para-hydroxylation sites is 1. The van der Waals surface area contributed by atoms with Crippen LogP contribution in [0.15, 0.2) is 34.8 Å². The number of carbonyl (C=O) groups excluding carboxylic acids is 1. The normalized spacial score (nSPS) is 15.2. The summed E-state index contributed by atoms with van der Waals surface area (Å²) in [5.74, 6) is -1.44. The van der Waals surface area contributed by atoms with Gasteiger partial charge in [0.2, 0.25) is 0 Å². The number of hydrogen-bond donors (Lipinski definition) is 2. The molecule has 1 amide bonds. The Bertz CT molecular complexity index is 799. The first kappa shape index (κ1) is 13.8. The molecule has 2 N–H and O–H groups in total. The molecule has 21 heavy (non-hydrogen) atoms. The van der Waals surface area contributed by atoms with Gasteiger partial charge in [0.05, 0.1) is 5.57 Å². The molecule has 0 spiro atoms. The number of phenols is 1. The molecule has 0 bridgehead atoms. The number of anilines is 1. The minimum atomic E-state index is -0.714. The zero-order chi connectivity index (χ0) is 15.1. The predicted molar refractivity (Wildman–Crippen MR) is 83.4 cm³/mol. The van der Waals surface area contributed by atoms with Gasteiger partial charge in [0, 0.05) is 21.3 Å². The van der Waals surface area contributed by atoms with Gasteiger partial charge in [-0.25, -0.2) is 4.39 Å². The molecule has 1 heterocycles. The highest BCUT2D eigenvalue weighted by molar-refractivity contribution is 9.10. The lowest BCUT2D eigenvalue weighted by Gasteiger charge is -2.06. The van der Waals surface area contributed by atoms with Gasteiger partial charge in [0.25, 0.3) is 5.91 Å². The van der Waals surface area contributed by atoms with E-state index in [2.05, 4.69) is 21.2 Å². The van der Waals surface area contributed by atoms with Gasteiger partial charge >= 0.3 is 0 Å². The highest BCUT2D eigenvalue weighted by Gasteiger charge is 2.27. The minimum absolute atomic E-state index is 0.269. The third-order valence-electron chi connectivity index (χ3n) is 3.48. The van der Waals surface area contributed by atoms with E-state index in [-0.39, 0.29) is 11.5 Å². The van der Waals surface area contributed by atoms with E-state index in [0.29, 0.717) is 11.3 Å². The van der Waals surface area contributed by atoms with Crippen LogP contribution >= 0.6 is 15.9 Å². The van der Waals surface area contributed by atoms with Crippen LogP contribution in [0.3, 0.4) is 0 Å². The molecule has 5 heteroatoms. The lowest BCUT2D eigenvalue weighted by atomic mass is 9.99. The van der Waals surface area contributed by atoms with E-state index in [4.69, 9.17) is 0 Å². The average Bonchev–Trinajstić information content (AvgIpc) is 2.76. The van der Waals surface area contributed by atoms with Gasteiger partial charge in [0.15, 0.2) is 11.6 Å². The van der Waals surface area contributed by atoms with Gasteiger partial charge < -0.3 is 10.4 Å². The molecule has 3 rings (SSSR count). The maximum absolute atomic E-state index is 13.4.